The monoisotopic (exact) mass is 210 g/mol. The normalized spacial score (nSPS) is 7.69. The highest BCUT2D eigenvalue weighted by Gasteiger charge is 1.65. The van der Waals surface area contributed by atoms with Crippen molar-refractivity contribution < 1.29 is 24.3 Å². The first-order valence-corrected chi connectivity index (χ1v) is 4.31. The molecular weight excluding hydrogens is 199 g/mol. The molecule has 0 aliphatic rings. The van der Waals surface area contributed by atoms with Gasteiger partial charge in [-0.1, -0.05) is 0 Å². The molecule has 8 heteroatoms. The van der Waals surface area contributed by atoms with Gasteiger partial charge >= 0.3 is 8.25 Å². The van der Waals surface area contributed by atoms with Crippen LogP contribution >= 0.6 is 8.25 Å². The van der Waals surface area contributed by atoms with E-state index in [1.54, 1.807) is 18.7 Å². The van der Waals surface area contributed by atoms with Gasteiger partial charge in [0.05, 0.1) is 6.33 Å². The first kappa shape index (κ1) is 14.4. The Morgan fingerprint density at radius 1 is 1.54 bits per heavy atom. The van der Waals surface area contributed by atoms with E-state index in [-0.39, 0.29) is 0 Å². The fourth-order valence-corrected chi connectivity index (χ4v) is 0.215. The molecule has 0 atom stereocenters. The number of rotatable bonds is 0. The van der Waals surface area contributed by atoms with Crippen molar-refractivity contribution in [3.8, 4) is 0 Å². The third-order valence-electron chi connectivity index (χ3n) is 0.406. The van der Waals surface area contributed by atoms with Crippen LogP contribution in [-0.4, -0.2) is 30.8 Å². The van der Waals surface area contributed by atoms with Crippen LogP contribution in [-0.2, 0) is 9.36 Å². The van der Waals surface area contributed by atoms with Crippen LogP contribution in [0.2, 0.25) is 0 Å². The van der Waals surface area contributed by atoms with Crippen molar-refractivity contribution >= 4 is 14.2 Å². The molecule has 0 aliphatic heterocycles. The van der Waals surface area contributed by atoms with Gasteiger partial charge in [0.2, 0.25) is 0 Å². The molecule has 0 aromatic carbocycles. The lowest BCUT2D eigenvalue weighted by molar-refractivity contribution is -0.134. The lowest BCUT2D eigenvalue weighted by Crippen LogP contribution is -1.78. The zero-order chi connectivity index (χ0) is 10.7. The first-order valence-electron chi connectivity index (χ1n) is 3.01. The summed E-state index contributed by atoms with van der Waals surface area (Å²) in [5.74, 6) is -0.833. The SMILES string of the molecule is CC(=O)O.O=[PH](O)O.c1c[nH]cn1. The maximum atomic E-state index is 9.00. The van der Waals surface area contributed by atoms with Gasteiger partial charge in [-0.05, 0) is 0 Å². The van der Waals surface area contributed by atoms with E-state index >= 15 is 0 Å². The summed E-state index contributed by atoms with van der Waals surface area (Å²) in [6.07, 6.45) is 5.08. The molecule has 76 valence electrons. The quantitative estimate of drug-likeness (QED) is 0.442. The Bertz CT molecular complexity index is 188. The van der Waals surface area contributed by atoms with E-state index in [1.807, 2.05) is 0 Å². The fraction of sp³-hybridized carbons (Fsp3) is 0.200. The van der Waals surface area contributed by atoms with E-state index < -0.39 is 14.2 Å². The Labute approximate surface area is 75.0 Å². The van der Waals surface area contributed by atoms with Crippen LogP contribution in [0.1, 0.15) is 6.92 Å². The first-order chi connectivity index (χ1) is 5.96. The van der Waals surface area contributed by atoms with Crippen LogP contribution < -0.4 is 0 Å². The molecule has 0 spiro atoms. The van der Waals surface area contributed by atoms with Crippen molar-refractivity contribution in [1.82, 2.24) is 9.97 Å². The molecule has 0 unspecified atom stereocenters. The summed E-state index contributed by atoms with van der Waals surface area (Å²) in [6.45, 7) is 1.08. The summed E-state index contributed by atoms with van der Waals surface area (Å²) in [7, 11) is -3.13. The molecule has 0 saturated heterocycles. The smallest absolute Gasteiger partial charge is 0.314 e. The highest BCUT2D eigenvalue weighted by atomic mass is 31.1. The number of aromatic amines is 1. The summed E-state index contributed by atoms with van der Waals surface area (Å²) < 4.78 is 8.74. The minimum atomic E-state index is -3.13. The molecule has 13 heavy (non-hydrogen) atoms. The second-order valence-electron chi connectivity index (χ2n) is 1.56. The molecule has 0 amide bonds. The lowest BCUT2D eigenvalue weighted by Gasteiger charge is -1.61. The predicted molar refractivity (Wildman–Crippen MR) is 45.3 cm³/mol. The van der Waals surface area contributed by atoms with Crippen molar-refractivity contribution in [3.63, 3.8) is 0 Å². The Hall–Kier alpha value is -1.17. The zero-order valence-electron chi connectivity index (χ0n) is 6.84. The molecule has 1 aromatic rings. The third kappa shape index (κ3) is 57.6. The molecule has 1 aromatic heterocycles. The van der Waals surface area contributed by atoms with Crippen molar-refractivity contribution in [2.45, 2.75) is 6.92 Å². The maximum absolute atomic E-state index is 9.00. The minimum Gasteiger partial charge on any atom is -0.481 e. The standard InChI is InChI=1S/C3H4N2.C2H4O2.H3O3P/c1-2-5-3-4-1;1-2(3)4;1-4(2)3/h1-3H,(H,4,5);1H3,(H,3,4);4H,(H2,1,2,3). The third-order valence-corrected chi connectivity index (χ3v) is 0.406. The van der Waals surface area contributed by atoms with Gasteiger partial charge in [0.25, 0.3) is 5.97 Å². The highest BCUT2D eigenvalue weighted by Crippen LogP contribution is 1.98. The molecule has 4 N–H and O–H groups in total. The van der Waals surface area contributed by atoms with Gasteiger partial charge in [-0.15, -0.1) is 0 Å². The van der Waals surface area contributed by atoms with Gasteiger partial charge in [0, 0.05) is 19.3 Å². The molecule has 0 bridgehead atoms. The molecule has 1 rings (SSSR count). The molecule has 0 saturated carbocycles. The summed E-state index contributed by atoms with van der Waals surface area (Å²) >= 11 is 0. The highest BCUT2D eigenvalue weighted by molar-refractivity contribution is 7.30. The number of aliphatic carboxylic acids is 1. The van der Waals surface area contributed by atoms with E-state index in [0.29, 0.717) is 0 Å². The van der Waals surface area contributed by atoms with Crippen molar-refractivity contribution in [2.24, 2.45) is 0 Å². The summed E-state index contributed by atoms with van der Waals surface area (Å²) in [6, 6.07) is 0. The Morgan fingerprint density at radius 2 is 1.92 bits per heavy atom. The molecule has 0 fully saturated rings. The van der Waals surface area contributed by atoms with Crippen LogP contribution in [0.15, 0.2) is 18.7 Å². The molecule has 7 nitrogen and oxygen atoms in total. The van der Waals surface area contributed by atoms with Crippen LogP contribution in [0.3, 0.4) is 0 Å². The lowest BCUT2D eigenvalue weighted by atomic mass is 10.9. The maximum Gasteiger partial charge on any atom is 0.314 e. The van der Waals surface area contributed by atoms with E-state index in [9.17, 15) is 0 Å². The van der Waals surface area contributed by atoms with Crippen molar-refractivity contribution in [3.05, 3.63) is 18.7 Å². The second kappa shape index (κ2) is 10.8. The number of nitrogens with one attached hydrogen (secondary N) is 1. The van der Waals surface area contributed by atoms with Gasteiger partial charge in [-0.2, -0.15) is 0 Å². The number of carboxylic acid groups (broad SMARTS) is 1. The molecule has 0 radical (unpaired) electrons. The number of carboxylic acids is 1. The van der Waals surface area contributed by atoms with Crippen LogP contribution in [0.4, 0.5) is 0 Å². The van der Waals surface area contributed by atoms with Crippen LogP contribution in [0.5, 0.6) is 0 Å². The van der Waals surface area contributed by atoms with Gasteiger partial charge in [-0.3, -0.25) is 9.36 Å². The summed E-state index contributed by atoms with van der Waals surface area (Å²) in [5, 5.41) is 7.42. The number of carbonyl (C=O) groups is 1. The molecule has 1 heterocycles. The van der Waals surface area contributed by atoms with Crippen LogP contribution in [0, 0.1) is 0 Å². The number of H-pyrrole nitrogens is 1. The average Bonchev–Trinajstić information content (AvgIpc) is 2.35. The van der Waals surface area contributed by atoms with E-state index in [1.165, 1.54) is 0 Å². The Morgan fingerprint density at radius 3 is 2.00 bits per heavy atom. The Balaban J connectivity index is 0. The number of imidazole rings is 1. The van der Waals surface area contributed by atoms with E-state index in [0.717, 1.165) is 6.92 Å². The number of nitrogens with zero attached hydrogens (tertiary/aromatic N) is 1. The fourth-order valence-electron chi connectivity index (χ4n) is 0.215. The largest absolute Gasteiger partial charge is 0.481 e. The van der Waals surface area contributed by atoms with Crippen molar-refractivity contribution in [1.29, 1.82) is 0 Å². The average molecular weight is 210 g/mol. The predicted octanol–water partition coefficient (Wildman–Crippen LogP) is -0.139. The number of hydrogen-bond acceptors (Lipinski definition) is 3. The van der Waals surface area contributed by atoms with Gasteiger partial charge < -0.3 is 19.9 Å². The van der Waals surface area contributed by atoms with Crippen molar-refractivity contribution in [2.75, 3.05) is 0 Å². The Kier molecular flexibility index (Phi) is 12.0. The summed E-state index contributed by atoms with van der Waals surface area (Å²) in [5.41, 5.74) is 0. The van der Waals surface area contributed by atoms with Gasteiger partial charge in [0.1, 0.15) is 0 Å². The van der Waals surface area contributed by atoms with Gasteiger partial charge in [0.15, 0.2) is 0 Å². The van der Waals surface area contributed by atoms with Crippen LogP contribution in [0.25, 0.3) is 0 Å². The minimum absolute atomic E-state index is 0.833. The van der Waals surface area contributed by atoms with Gasteiger partial charge in [-0.25, -0.2) is 4.98 Å². The molecular formula is C5H11N2O5P. The molecule has 0 aliphatic carbocycles. The number of aromatic nitrogens is 2. The van der Waals surface area contributed by atoms with E-state index in [2.05, 4.69) is 9.97 Å². The topological polar surface area (TPSA) is 124 Å². The number of hydrogen-bond donors (Lipinski definition) is 4. The zero-order valence-corrected chi connectivity index (χ0v) is 7.84. The summed E-state index contributed by atoms with van der Waals surface area (Å²) in [4.78, 5) is 29.7. The van der Waals surface area contributed by atoms with E-state index in [4.69, 9.17) is 24.3 Å². The second-order valence-corrected chi connectivity index (χ2v) is 2.13.